The summed E-state index contributed by atoms with van der Waals surface area (Å²) in [7, 11) is 0. The number of benzene rings is 1. The number of carbonyl (C=O) groups is 1. The average molecular weight is 345 g/mol. The van der Waals surface area contributed by atoms with Gasteiger partial charge in [-0.05, 0) is 37.3 Å². The number of anilines is 1. The van der Waals surface area contributed by atoms with Crippen LogP contribution in [0, 0.1) is 5.92 Å². The van der Waals surface area contributed by atoms with E-state index in [9.17, 15) is 4.79 Å². The molecular weight excluding hydrogens is 322 g/mol. The lowest BCUT2D eigenvalue weighted by atomic mass is 10.1. The van der Waals surface area contributed by atoms with Gasteiger partial charge < -0.3 is 24.8 Å². The Kier molecular flexibility index (Phi) is 3.71. The number of hydrogen-bond donors (Lipinski definition) is 2. The second-order valence-corrected chi connectivity index (χ2v) is 7.42. The highest BCUT2D eigenvalue weighted by atomic mass is 16.7. The Morgan fingerprint density at radius 2 is 2.04 bits per heavy atom. The molecule has 0 unspecified atom stereocenters. The largest absolute Gasteiger partial charge is 0.454 e. The van der Waals surface area contributed by atoms with Crippen molar-refractivity contribution in [1.82, 2.24) is 10.2 Å². The van der Waals surface area contributed by atoms with Crippen LogP contribution in [0.15, 0.2) is 18.2 Å². The van der Waals surface area contributed by atoms with E-state index in [1.54, 1.807) is 6.07 Å². The average Bonchev–Trinajstić information content (AvgIpc) is 3.21. The summed E-state index contributed by atoms with van der Waals surface area (Å²) in [6.07, 6.45) is 3.97. The van der Waals surface area contributed by atoms with Crippen molar-refractivity contribution < 1.29 is 19.0 Å². The smallest absolute Gasteiger partial charge is 0.319 e. The van der Waals surface area contributed by atoms with E-state index in [1.165, 1.54) is 12.8 Å². The second-order valence-electron chi connectivity index (χ2n) is 7.42. The van der Waals surface area contributed by atoms with Gasteiger partial charge in [0.1, 0.15) is 0 Å². The van der Waals surface area contributed by atoms with Crippen LogP contribution in [-0.4, -0.2) is 55.6 Å². The van der Waals surface area contributed by atoms with Crippen LogP contribution in [0.25, 0.3) is 0 Å². The molecule has 0 radical (unpaired) electrons. The Balaban J connectivity index is 1.15. The minimum absolute atomic E-state index is 0.167. The van der Waals surface area contributed by atoms with E-state index in [2.05, 4.69) is 15.5 Å². The van der Waals surface area contributed by atoms with Gasteiger partial charge in [0.05, 0.1) is 12.7 Å². The summed E-state index contributed by atoms with van der Waals surface area (Å²) < 4.78 is 16.6. The molecule has 3 heterocycles. The summed E-state index contributed by atoms with van der Waals surface area (Å²) in [5.41, 5.74) is 0.703. The van der Waals surface area contributed by atoms with Crippen molar-refractivity contribution in [3.05, 3.63) is 18.2 Å². The van der Waals surface area contributed by atoms with Crippen molar-refractivity contribution in [1.29, 1.82) is 0 Å². The number of amides is 2. The topological polar surface area (TPSA) is 72.1 Å². The van der Waals surface area contributed by atoms with Crippen molar-refractivity contribution in [2.75, 3.05) is 31.8 Å². The predicted octanol–water partition coefficient (Wildman–Crippen LogP) is 1.79. The first-order valence-electron chi connectivity index (χ1n) is 9.07. The molecular formula is C18H23N3O4. The zero-order valence-corrected chi connectivity index (χ0v) is 14.1. The number of morpholine rings is 1. The summed E-state index contributed by atoms with van der Waals surface area (Å²) in [5.74, 6) is 2.14. The molecule has 1 aromatic rings. The van der Waals surface area contributed by atoms with Crippen LogP contribution in [0.2, 0.25) is 0 Å². The lowest BCUT2D eigenvalue weighted by Crippen LogP contribution is -2.47. The molecule has 3 aliphatic heterocycles. The van der Waals surface area contributed by atoms with Gasteiger partial charge in [0.25, 0.3) is 0 Å². The molecule has 25 heavy (non-hydrogen) atoms. The molecule has 0 bridgehead atoms. The van der Waals surface area contributed by atoms with E-state index in [0.717, 1.165) is 32.0 Å². The molecule has 2 N–H and O–H groups in total. The summed E-state index contributed by atoms with van der Waals surface area (Å²) in [6, 6.07) is 5.84. The Morgan fingerprint density at radius 3 is 2.92 bits per heavy atom. The number of ether oxygens (including phenoxy) is 3. The molecule has 2 amide bonds. The Morgan fingerprint density at radius 1 is 1.16 bits per heavy atom. The molecule has 2 saturated heterocycles. The summed E-state index contributed by atoms with van der Waals surface area (Å²) in [4.78, 5) is 14.8. The first-order valence-corrected chi connectivity index (χ1v) is 9.07. The molecule has 134 valence electrons. The molecule has 1 saturated carbocycles. The fourth-order valence-corrected chi connectivity index (χ4v) is 4.08. The normalized spacial score (nSPS) is 30.8. The highest BCUT2D eigenvalue weighted by Crippen LogP contribution is 2.38. The summed E-state index contributed by atoms with van der Waals surface area (Å²) in [6.45, 7) is 2.94. The van der Waals surface area contributed by atoms with E-state index in [4.69, 9.17) is 14.2 Å². The van der Waals surface area contributed by atoms with Crippen LogP contribution in [0.3, 0.4) is 0 Å². The Labute approximate surface area is 146 Å². The van der Waals surface area contributed by atoms with Gasteiger partial charge in [0.2, 0.25) is 6.79 Å². The number of fused-ring (bicyclic) bond motifs is 2. The third-order valence-electron chi connectivity index (χ3n) is 5.56. The van der Waals surface area contributed by atoms with E-state index in [0.29, 0.717) is 29.3 Å². The maximum absolute atomic E-state index is 12.3. The van der Waals surface area contributed by atoms with E-state index in [1.807, 2.05) is 12.1 Å². The fourth-order valence-electron chi connectivity index (χ4n) is 4.08. The van der Waals surface area contributed by atoms with Crippen molar-refractivity contribution in [3.63, 3.8) is 0 Å². The number of nitrogens with zero attached hydrogens (tertiary/aromatic N) is 1. The van der Waals surface area contributed by atoms with E-state index >= 15 is 0 Å². The molecule has 4 aliphatic rings. The lowest BCUT2D eigenvalue weighted by molar-refractivity contribution is -0.0581. The SMILES string of the molecule is O=C(Nc1ccc2c(c1)OCO2)N[C@@H]1C[C@H]2CO[C@@H](C3CC3)CN2C1. The van der Waals surface area contributed by atoms with Crippen LogP contribution in [0.4, 0.5) is 10.5 Å². The molecule has 3 fully saturated rings. The zero-order chi connectivity index (χ0) is 16.8. The van der Waals surface area contributed by atoms with Gasteiger partial charge in [-0.2, -0.15) is 0 Å². The summed E-state index contributed by atoms with van der Waals surface area (Å²) >= 11 is 0. The number of hydrogen-bond acceptors (Lipinski definition) is 5. The third kappa shape index (κ3) is 3.14. The number of urea groups is 1. The van der Waals surface area contributed by atoms with E-state index in [-0.39, 0.29) is 18.9 Å². The number of nitrogens with one attached hydrogen (secondary N) is 2. The maximum atomic E-state index is 12.3. The van der Waals surface area contributed by atoms with Crippen LogP contribution >= 0.6 is 0 Å². The van der Waals surface area contributed by atoms with Gasteiger partial charge in [-0.15, -0.1) is 0 Å². The summed E-state index contributed by atoms with van der Waals surface area (Å²) in [5, 5.41) is 5.97. The van der Waals surface area contributed by atoms with Gasteiger partial charge in [0.15, 0.2) is 11.5 Å². The third-order valence-corrected chi connectivity index (χ3v) is 5.56. The number of rotatable bonds is 3. The van der Waals surface area contributed by atoms with Gasteiger partial charge >= 0.3 is 6.03 Å². The maximum Gasteiger partial charge on any atom is 0.319 e. The number of carbonyl (C=O) groups excluding carboxylic acids is 1. The predicted molar refractivity (Wildman–Crippen MR) is 90.9 cm³/mol. The van der Waals surface area contributed by atoms with Crippen LogP contribution < -0.4 is 20.1 Å². The van der Waals surface area contributed by atoms with Gasteiger partial charge in [0, 0.05) is 36.9 Å². The quantitative estimate of drug-likeness (QED) is 0.874. The van der Waals surface area contributed by atoms with E-state index < -0.39 is 0 Å². The zero-order valence-electron chi connectivity index (χ0n) is 14.1. The first kappa shape index (κ1) is 15.3. The van der Waals surface area contributed by atoms with Crippen molar-refractivity contribution in [3.8, 4) is 11.5 Å². The first-order chi connectivity index (χ1) is 12.2. The highest BCUT2D eigenvalue weighted by Gasteiger charge is 2.42. The molecule has 3 atom stereocenters. The molecule has 1 aromatic carbocycles. The van der Waals surface area contributed by atoms with Crippen molar-refractivity contribution in [2.45, 2.75) is 37.5 Å². The van der Waals surface area contributed by atoms with Crippen LogP contribution in [0.5, 0.6) is 11.5 Å². The van der Waals surface area contributed by atoms with Gasteiger partial charge in [-0.1, -0.05) is 0 Å². The van der Waals surface area contributed by atoms with Crippen LogP contribution in [0.1, 0.15) is 19.3 Å². The van der Waals surface area contributed by atoms with Gasteiger partial charge in [-0.3, -0.25) is 4.90 Å². The molecule has 7 nitrogen and oxygen atoms in total. The minimum Gasteiger partial charge on any atom is -0.454 e. The van der Waals surface area contributed by atoms with Crippen molar-refractivity contribution in [2.24, 2.45) is 5.92 Å². The molecule has 1 aliphatic carbocycles. The molecule has 5 rings (SSSR count). The van der Waals surface area contributed by atoms with Crippen LogP contribution in [-0.2, 0) is 4.74 Å². The molecule has 7 heteroatoms. The Bertz CT molecular complexity index is 678. The lowest BCUT2D eigenvalue weighted by Gasteiger charge is -2.35. The minimum atomic E-state index is -0.177. The van der Waals surface area contributed by atoms with Gasteiger partial charge in [-0.25, -0.2) is 4.79 Å². The monoisotopic (exact) mass is 345 g/mol. The molecule has 0 aromatic heterocycles. The molecule has 0 spiro atoms. The second kappa shape index (κ2) is 6.07. The Hall–Kier alpha value is -1.99. The fraction of sp³-hybridized carbons (Fsp3) is 0.611. The standard InChI is InChI=1S/C18H23N3O4/c22-18(19-12-3-4-15-16(6-12)25-10-24-15)20-13-5-14-9-23-17(11-1-2-11)8-21(14)7-13/h3-4,6,11,13-14,17H,1-2,5,7-10H2,(H2,19,20,22)/t13-,14+,17-/m1/s1. The van der Waals surface area contributed by atoms with Crippen molar-refractivity contribution >= 4 is 11.7 Å². The highest BCUT2D eigenvalue weighted by molar-refractivity contribution is 5.89.